The lowest BCUT2D eigenvalue weighted by molar-refractivity contribution is -0.184. The maximum absolute atomic E-state index is 12.9. The molecule has 2 aromatic rings. The summed E-state index contributed by atoms with van der Waals surface area (Å²) in [5.41, 5.74) is 3.21. The number of fused-ring (bicyclic) bond motifs is 1. The predicted octanol–water partition coefficient (Wildman–Crippen LogP) is 3.09. The smallest absolute Gasteiger partial charge is 0.253 e. The molecule has 0 radical (unpaired) electrons. The summed E-state index contributed by atoms with van der Waals surface area (Å²) in [6.45, 7) is 2.19. The van der Waals surface area contributed by atoms with Gasteiger partial charge in [-0.2, -0.15) is 0 Å². The summed E-state index contributed by atoms with van der Waals surface area (Å²) >= 11 is 0. The Morgan fingerprint density at radius 1 is 1.10 bits per heavy atom. The molecule has 0 spiro atoms. The SMILES string of the molecule is COc1ccc(C2=CC3CN(C(=O)c4ccc(C5(O)COC5)cc4)CC3C2)cc1. The number of allylic oxidation sites excluding steroid dienone is 1. The van der Waals surface area contributed by atoms with Crippen LogP contribution in [0.15, 0.2) is 54.6 Å². The second-order valence-corrected chi connectivity index (χ2v) is 8.36. The van der Waals surface area contributed by atoms with Crippen molar-refractivity contribution in [1.82, 2.24) is 4.90 Å². The fourth-order valence-corrected chi connectivity index (χ4v) is 4.66. The zero-order valence-corrected chi connectivity index (χ0v) is 16.5. The van der Waals surface area contributed by atoms with Crippen molar-refractivity contribution < 1.29 is 19.4 Å². The van der Waals surface area contributed by atoms with E-state index < -0.39 is 5.60 Å². The normalized spacial score (nSPS) is 24.6. The Labute approximate surface area is 170 Å². The van der Waals surface area contributed by atoms with E-state index in [2.05, 4.69) is 18.2 Å². The van der Waals surface area contributed by atoms with Crippen LogP contribution in [0.5, 0.6) is 5.75 Å². The lowest BCUT2D eigenvalue weighted by atomic mass is 9.91. The van der Waals surface area contributed by atoms with Crippen molar-refractivity contribution in [2.45, 2.75) is 12.0 Å². The molecule has 5 nitrogen and oxygen atoms in total. The molecule has 2 fully saturated rings. The average Bonchev–Trinajstić information content (AvgIpc) is 3.31. The lowest BCUT2D eigenvalue weighted by Crippen LogP contribution is -2.46. The van der Waals surface area contributed by atoms with E-state index in [1.54, 1.807) is 7.11 Å². The van der Waals surface area contributed by atoms with Crippen molar-refractivity contribution >= 4 is 11.5 Å². The van der Waals surface area contributed by atoms with E-state index in [-0.39, 0.29) is 5.91 Å². The van der Waals surface area contributed by atoms with Gasteiger partial charge in [-0.3, -0.25) is 4.79 Å². The van der Waals surface area contributed by atoms with Gasteiger partial charge in [0.2, 0.25) is 0 Å². The Kier molecular flexibility index (Phi) is 4.45. The molecule has 0 aromatic heterocycles. The fraction of sp³-hybridized carbons (Fsp3) is 0.375. The van der Waals surface area contributed by atoms with Crippen LogP contribution in [0.1, 0.15) is 27.9 Å². The van der Waals surface area contributed by atoms with Gasteiger partial charge in [-0.25, -0.2) is 0 Å². The largest absolute Gasteiger partial charge is 0.497 e. The standard InChI is InChI=1S/C24H25NO4/c1-28-22-8-4-16(5-9-22)18-10-19-12-25(13-20(19)11-18)23(26)17-2-6-21(7-3-17)24(27)14-29-15-24/h2-10,19-20,27H,11-15H2,1H3. The minimum atomic E-state index is -0.894. The molecule has 2 heterocycles. The number of likely N-dealkylation sites (tertiary alicyclic amines) is 1. The van der Waals surface area contributed by atoms with E-state index in [1.807, 2.05) is 41.3 Å². The molecule has 150 valence electrons. The van der Waals surface area contributed by atoms with Gasteiger partial charge < -0.3 is 19.5 Å². The topological polar surface area (TPSA) is 59.0 Å². The summed E-state index contributed by atoms with van der Waals surface area (Å²) in [4.78, 5) is 14.9. The molecule has 0 bridgehead atoms. The van der Waals surface area contributed by atoms with Crippen molar-refractivity contribution in [2.75, 3.05) is 33.4 Å². The first-order valence-electron chi connectivity index (χ1n) is 10.1. The molecular formula is C24H25NO4. The number of methoxy groups -OCH3 is 1. The number of ether oxygens (including phenoxy) is 2. The van der Waals surface area contributed by atoms with Gasteiger partial charge >= 0.3 is 0 Å². The average molecular weight is 391 g/mol. The Morgan fingerprint density at radius 2 is 1.83 bits per heavy atom. The highest BCUT2D eigenvalue weighted by atomic mass is 16.5. The molecule has 1 N–H and O–H groups in total. The van der Waals surface area contributed by atoms with Gasteiger partial charge in [0.25, 0.3) is 5.91 Å². The Bertz CT molecular complexity index is 944. The molecule has 5 heteroatoms. The number of aliphatic hydroxyl groups is 1. The number of hydrogen-bond acceptors (Lipinski definition) is 4. The number of nitrogens with zero attached hydrogens (tertiary/aromatic N) is 1. The van der Waals surface area contributed by atoms with Crippen molar-refractivity contribution in [2.24, 2.45) is 11.8 Å². The quantitative estimate of drug-likeness (QED) is 0.870. The predicted molar refractivity (Wildman–Crippen MR) is 110 cm³/mol. The summed E-state index contributed by atoms with van der Waals surface area (Å²) in [5, 5.41) is 10.3. The second-order valence-electron chi connectivity index (χ2n) is 8.36. The molecule has 2 atom stereocenters. The monoisotopic (exact) mass is 391 g/mol. The molecule has 5 rings (SSSR count). The van der Waals surface area contributed by atoms with Gasteiger partial charge in [-0.1, -0.05) is 30.3 Å². The summed E-state index contributed by atoms with van der Waals surface area (Å²) in [6, 6.07) is 15.5. The van der Waals surface area contributed by atoms with Gasteiger partial charge in [-0.15, -0.1) is 0 Å². The molecule has 2 saturated heterocycles. The highest BCUT2D eigenvalue weighted by molar-refractivity contribution is 5.94. The minimum absolute atomic E-state index is 0.0715. The zero-order chi connectivity index (χ0) is 20.0. The maximum Gasteiger partial charge on any atom is 0.253 e. The third-order valence-corrected chi connectivity index (χ3v) is 6.49. The Morgan fingerprint density at radius 3 is 2.41 bits per heavy atom. The number of hydrogen-bond donors (Lipinski definition) is 1. The van der Waals surface area contributed by atoms with Crippen molar-refractivity contribution in [3.05, 3.63) is 71.3 Å². The minimum Gasteiger partial charge on any atom is -0.497 e. The summed E-state index contributed by atoms with van der Waals surface area (Å²) in [5.74, 6) is 1.85. The highest BCUT2D eigenvalue weighted by Gasteiger charge is 2.40. The maximum atomic E-state index is 12.9. The van der Waals surface area contributed by atoms with Crippen molar-refractivity contribution in [3.63, 3.8) is 0 Å². The van der Waals surface area contributed by atoms with E-state index in [9.17, 15) is 9.90 Å². The number of amides is 1. The summed E-state index contributed by atoms with van der Waals surface area (Å²) < 4.78 is 10.3. The first kappa shape index (κ1) is 18.4. The van der Waals surface area contributed by atoms with Crippen LogP contribution in [0.3, 0.4) is 0 Å². The highest BCUT2D eigenvalue weighted by Crippen LogP contribution is 2.41. The number of benzene rings is 2. The Balaban J connectivity index is 1.25. The van der Waals surface area contributed by atoms with Crippen LogP contribution < -0.4 is 4.74 Å². The van der Waals surface area contributed by atoms with Crippen LogP contribution >= 0.6 is 0 Å². The van der Waals surface area contributed by atoms with E-state index in [1.165, 1.54) is 11.1 Å². The van der Waals surface area contributed by atoms with E-state index in [0.717, 1.165) is 30.8 Å². The Hall–Kier alpha value is -2.63. The lowest BCUT2D eigenvalue weighted by Gasteiger charge is -2.36. The zero-order valence-electron chi connectivity index (χ0n) is 16.5. The molecule has 0 saturated carbocycles. The van der Waals surface area contributed by atoms with Crippen LogP contribution in [-0.2, 0) is 10.3 Å². The molecule has 29 heavy (non-hydrogen) atoms. The van der Waals surface area contributed by atoms with E-state index >= 15 is 0 Å². The summed E-state index contributed by atoms with van der Waals surface area (Å²) in [6.07, 6.45) is 3.35. The van der Waals surface area contributed by atoms with Crippen LogP contribution in [0.2, 0.25) is 0 Å². The molecule has 1 amide bonds. The van der Waals surface area contributed by atoms with Gasteiger partial charge in [-0.05, 0) is 59.2 Å². The van der Waals surface area contributed by atoms with Gasteiger partial charge in [0.05, 0.1) is 20.3 Å². The second kappa shape index (κ2) is 7.01. The van der Waals surface area contributed by atoms with Gasteiger partial charge in [0.1, 0.15) is 11.4 Å². The van der Waals surface area contributed by atoms with Crippen LogP contribution in [0.25, 0.3) is 5.57 Å². The number of carbonyl (C=O) groups excluding carboxylic acids is 1. The molecule has 2 aliphatic heterocycles. The molecule has 2 aromatic carbocycles. The van der Waals surface area contributed by atoms with Gasteiger partial charge in [0, 0.05) is 18.7 Å². The number of rotatable bonds is 4. The molecule has 3 aliphatic rings. The van der Waals surface area contributed by atoms with Gasteiger partial charge in [0.15, 0.2) is 0 Å². The molecular weight excluding hydrogens is 366 g/mol. The molecule has 2 unspecified atom stereocenters. The van der Waals surface area contributed by atoms with E-state index in [0.29, 0.717) is 30.6 Å². The van der Waals surface area contributed by atoms with Crippen molar-refractivity contribution in [3.8, 4) is 5.75 Å². The fourth-order valence-electron chi connectivity index (χ4n) is 4.66. The first-order valence-corrected chi connectivity index (χ1v) is 10.1. The van der Waals surface area contributed by atoms with E-state index in [4.69, 9.17) is 9.47 Å². The first-order chi connectivity index (χ1) is 14.1. The number of carbonyl (C=O) groups is 1. The van der Waals surface area contributed by atoms with Crippen molar-refractivity contribution in [1.29, 1.82) is 0 Å². The van der Waals surface area contributed by atoms with Crippen LogP contribution in [-0.4, -0.2) is 49.3 Å². The van der Waals surface area contributed by atoms with Crippen LogP contribution in [0.4, 0.5) is 0 Å². The molecule has 1 aliphatic carbocycles. The third kappa shape index (κ3) is 3.24. The third-order valence-electron chi connectivity index (χ3n) is 6.49. The van der Waals surface area contributed by atoms with Crippen LogP contribution in [0, 0.1) is 11.8 Å². The summed E-state index contributed by atoms with van der Waals surface area (Å²) in [7, 11) is 1.68.